The number of benzene rings is 1. The summed E-state index contributed by atoms with van der Waals surface area (Å²) in [5, 5.41) is 12.4. The molecule has 0 fully saturated rings. The molecule has 6 nitrogen and oxygen atoms in total. The van der Waals surface area contributed by atoms with E-state index >= 15 is 0 Å². The number of rotatable bonds is 5. The van der Waals surface area contributed by atoms with Crippen LogP contribution in [-0.2, 0) is 16.6 Å². The van der Waals surface area contributed by atoms with Gasteiger partial charge in [-0.2, -0.15) is 5.10 Å². The van der Waals surface area contributed by atoms with Gasteiger partial charge in [0.25, 0.3) is 0 Å². The number of primary sulfonamides is 1. The van der Waals surface area contributed by atoms with Crippen LogP contribution >= 0.6 is 0 Å². The molecule has 0 atom stereocenters. The Morgan fingerprint density at radius 3 is 2.85 bits per heavy atom. The number of nitrogens with zero attached hydrogens (tertiary/aromatic N) is 2. The molecule has 0 aliphatic carbocycles. The average molecular weight is 292 g/mol. The Bertz CT molecular complexity index is 735. The van der Waals surface area contributed by atoms with Crippen LogP contribution in [0, 0.1) is 6.92 Å². The lowest BCUT2D eigenvalue weighted by molar-refractivity contribution is 0.597. The summed E-state index contributed by atoms with van der Waals surface area (Å²) in [6.45, 7) is 5.86. The molecular formula is C13H16N4O2S. The molecule has 1 aromatic heterocycles. The minimum Gasteiger partial charge on any atom is -0.381 e. The van der Waals surface area contributed by atoms with Crippen LogP contribution in [0.4, 0.5) is 5.69 Å². The van der Waals surface area contributed by atoms with Crippen LogP contribution in [0.5, 0.6) is 0 Å². The first kappa shape index (κ1) is 14.3. The molecule has 0 bridgehead atoms. The van der Waals surface area contributed by atoms with Crippen molar-refractivity contribution in [3.05, 3.63) is 48.3 Å². The minimum absolute atomic E-state index is 0.129. The third kappa shape index (κ3) is 3.06. The summed E-state index contributed by atoms with van der Waals surface area (Å²) in [4.78, 5) is 0.129. The van der Waals surface area contributed by atoms with Crippen LogP contribution in [0.1, 0.15) is 11.1 Å². The molecule has 0 amide bonds. The van der Waals surface area contributed by atoms with Gasteiger partial charge in [0, 0.05) is 30.2 Å². The van der Waals surface area contributed by atoms with Crippen molar-refractivity contribution in [2.75, 3.05) is 5.32 Å². The fourth-order valence-corrected chi connectivity index (χ4v) is 2.68. The summed E-state index contributed by atoms with van der Waals surface area (Å²) in [6.07, 6.45) is 5.14. The number of aromatic nitrogens is 2. The highest BCUT2D eigenvalue weighted by Gasteiger charge is 2.13. The van der Waals surface area contributed by atoms with Gasteiger partial charge in [0.1, 0.15) is 0 Å². The predicted molar refractivity (Wildman–Crippen MR) is 78.5 cm³/mol. The summed E-state index contributed by atoms with van der Waals surface area (Å²) >= 11 is 0. The molecule has 0 saturated carbocycles. The number of nitrogens with one attached hydrogen (secondary N) is 1. The van der Waals surface area contributed by atoms with E-state index in [1.807, 2.05) is 12.3 Å². The van der Waals surface area contributed by atoms with E-state index in [9.17, 15) is 8.42 Å². The van der Waals surface area contributed by atoms with Crippen molar-refractivity contribution in [1.82, 2.24) is 9.78 Å². The van der Waals surface area contributed by atoms with Gasteiger partial charge < -0.3 is 5.32 Å². The lowest BCUT2D eigenvalue weighted by Gasteiger charge is -2.11. The first-order valence-corrected chi connectivity index (χ1v) is 7.48. The smallest absolute Gasteiger partial charge is 0.238 e. The van der Waals surface area contributed by atoms with Crippen LogP contribution in [0.25, 0.3) is 6.20 Å². The maximum Gasteiger partial charge on any atom is 0.238 e. The lowest BCUT2D eigenvalue weighted by Crippen LogP contribution is -2.14. The van der Waals surface area contributed by atoms with Crippen molar-refractivity contribution in [3.63, 3.8) is 0 Å². The monoisotopic (exact) mass is 292 g/mol. The summed E-state index contributed by atoms with van der Waals surface area (Å²) in [5.41, 5.74) is 2.29. The zero-order chi connectivity index (χ0) is 14.8. The number of hydrogen-bond donors (Lipinski definition) is 2. The number of anilines is 1. The molecular weight excluding hydrogens is 276 g/mol. The third-order valence-corrected chi connectivity index (χ3v) is 3.97. The summed E-state index contributed by atoms with van der Waals surface area (Å²) in [7, 11) is -3.71. The molecule has 1 aromatic carbocycles. The Morgan fingerprint density at radius 2 is 2.25 bits per heavy atom. The highest BCUT2D eigenvalue weighted by Crippen LogP contribution is 2.22. The molecule has 0 aliphatic rings. The summed E-state index contributed by atoms with van der Waals surface area (Å²) < 4.78 is 24.5. The van der Waals surface area contributed by atoms with Gasteiger partial charge in [-0.15, -0.1) is 0 Å². The quantitative estimate of drug-likeness (QED) is 0.875. The van der Waals surface area contributed by atoms with Crippen LogP contribution in [-0.4, -0.2) is 18.2 Å². The predicted octanol–water partition coefficient (Wildman–Crippen LogP) is 1.55. The molecule has 0 radical (unpaired) electrons. The second-order valence-corrected chi connectivity index (χ2v) is 5.87. The summed E-state index contributed by atoms with van der Waals surface area (Å²) in [5.74, 6) is 0. The Morgan fingerprint density at radius 1 is 1.50 bits per heavy atom. The largest absolute Gasteiger partial charge is 0.381 e. The van der Waals surface area contributed by atoms with E-state index in [0.29, 0.717) is 12.1 Å². The van der Waals surface area contributed by atoms with Gasteiger partial charge >= 0.3 is 0 Å². The van der Waals surface area contributed by atoms with Crippen LogP contribution in [0.15, 0.2) is 42.1 Å². The van der Waals surface area contributed by atoms with Crippen molar-refractivity contribution in [3.8, 4) is 0 Å². The standard InChI is InChI=1S/C13H16N4O2S/c1-3-17-9-11(8-16-17)7-15-12-5-4-6-13(10(12)2)20(14,18)19/h3-6,8-9,15H,1,7H2,2H3,(H2,14,18,19). The number of hydrogen-bond acceptors (Lipinski definition) is 4. The van der Waals surface area contributed by atoms with Gasteiger partial charge in [-0.05, 0) is 24.6 Å². The van der Waals surface area contributed by atoms with E-state index in [-0.39, 0.29) is 4.90 Å². The Kier molecular flexibility index (Phi) is 3.91. The molecule has 20 heavy (non-hydrogen) atoms. The number of nitrogens with two attached hydrogens (primary N) is 1. The van der Waals surface area contributed by atoms with Gasteiger partial charge in [-0.25, -0.2) is 18.2 Å². The van der Waals surface area contributed by atoms with Gasteiger partial charge in [-0.1, -0.05) is 12.6 Å². The molecule has 2 rings (SSSR count). The second-order valence-electron chi connectivity index (χ2n) is 4.34. The first-order chi connectivity index (χ1) is 9.41. The number of sulfonamides is 1. The Labute approximate surface area is 118 Å². The highest BCUT2D eigenvalue weighted by molar-refractivity contribution is 7.89. The zero-order valence-electron chi connectivity index (χ0n) is 11.1. The van der Waals surface area contributed by atoms with Gasteiger partial charge in [0.15, 0.2) is 0 Å². The first-order valence-electron chi connectivity index (χ1n) is 5.93. The second kappa shape index (κ2) is 5.48. The fourth-order valence-electron chi connectivity index (χ4n) is 1.88. The van der Waals surface area contributed by atoms with Crippen LogP contribution in [0.2, 0.25) is 0 Å². The maximum atomic E-state index is 11.4. The van der Waals surface area contributed by atoms with Crippen molar-refractivity contribution < 1.29 is 8.42 Å². The average Bonchev–Trinajstić information content (AvgIpc) is 2.84. The van der Waals surface area contributed by atoms with E-state index in [1.165, 1.54) is 6.07 Å². The van der Waals surface area contributed by atoms with E-state index in [1.54, 1.807) is 30.1 Å². The van der Waals surface area contributed by atoms with Gasteiger partial charge in [0.2, 0.25) is 10.0 Å². The fraction of sp³-hybridized carbons (Fsp3) is 0.154. The molecule has 3 N–H and O–H groups in total. The molecule has 2 aromatic rings. The Hall–Kier alpha value is -2.12. The molecule has 106 valence electrons. The maximum absolute atomic E-state index is 11.4. The SMILES string of the molecule is C=Cn1cc(CNc2cccc(S(N)(=O)=O)c2C)cn1. The molecule has 0 saturated heterocycles. The molecule has 7 heteroatoms. The topological polar surface area (TPSA) is 90.0 Å². The molecule has 1 heterocycles. The Balaban J connectivity index is 2.20. The molecule has 0 unspecified atom stereocenters. The summed E-state index contributed by atoms with van der Waals surface area (Å²) in [6, 6.07) is 4.95. The minimum atomic E-state index is -3.71. The van der Waals surface area contributed by atoms with E-state index in [4.69, 9.17) is 5.14 Å². The van der Waals surface area contributed by atoms with Crippen molar-refractivity contribution in [2.45, 2.75) is 18.4 Å². The lowest BCUT2D eigenvalue weighted by atomic mass is 10.2. The van der Waals surface area contributed by atoms with Crippen LogP contribution < -0.4 is 10.5 Å². The zero-order valence-corrected chi connectivity index (χ0v) is 11.9. The van der Waals surface area contributed by atoms with Crippen molar-refractivity contribution in [1.29, 1.82) is 0 Å². The third-order valence-electron chi connectivity index (χ3n) is 2.92. The van der Waals surface area contributed by atoms with Crippen LogP contribution in [0.3, 0.4) is 0 Å². The van der Waals surface area contributed by atoms with E-state index in [2.05, 4.69) is 17.0 Å². The van der Waals surface area contributed by atoms with Gasteiger partial charge in [0.05, 0.1) is 11.1 Å². The molecule has 0 spiro atoms. The molecule has 0 aliphatic heterocycles. The van der Waals surface area contributed by atoms with Crippen molar-refractivity contribution in [2.24, 2.45) is 5.14 Å². The normalized spacial score (nSPS) is 11.3. The van der Waals surface area contributed by atoms with E-state index in [0.717, 1.165) is 11.3 Å². The van der Waals surface area contributed by atoms with Gasteiger partial charge in [-0.3, -0.25) is 0 Å². The van der Waals surface area contributed by atoms with E-state index < -0.39 is 10.0 Å². The highest BCUT2D eigenvalue weighted by atomic mass is 32.2. The van der Waals surface area contributed by atoms with Crippen molar-refractivity contribution >= 4 is 21.9 Å².